The van der Waals surface area contributed by atoms with Crippen LogP contribution in [0.3, 0.4) is 0 Å². The standard InChI is InChI=1S/C26H24F6O7.5CH4/c1-16(35-14-15-37-26(34)18-7-11-20(12-8-18)39-24(32)22(29)30)4-2-3-13-36-25(33)17-5-9-19(10-6-17)38-23(31)21(27)28;;;;;/h5-12,16H,2-4,13-15H2,1H3;5*1H4. The van der Waals surface area contributed by atoms with Crippen LogP contribution < -0.4 is 9.47 Å². The lowest BCUT2D eigenvalue weighted by molar-refractivity contribution is 0.00933. The van der Waals surface area contributed by atoms with Gasteiger partial charge in [0.1, 0.15) is 18.1 Å². The summed E-state index contributed by atoms with van der Waals surface area (Å²) in [4.78, 5) is 24.0. The zero-order valence-corrected chi connectivity index (χ0v) is 20.6. The number of unbranched alkanes of at least 4 members (excludes halogenated alkanes) is 1. The molecule has 1 atom stereocenters. The number of carbonyl (C=O) groups is 2. The Labute approximate surface area is 256 Å². The van der Waals surface area contributed by atoms with E-state index >= 15 is 0 Å². The smallest absolute Gasteiger partial charge is 0.344 e. The third-order valence-corrected chi connectivity index (χ3v) is 4.85. The van der Waals surface area contributed by atoms with Gasteiger partial charge in [-0.25, -0.2) is 9.59 Å². The van der Waals surface area contributed by atoms with Crippen molar-refractivity contribution in [3.05, 3.63) is 83.8 Å². The number of esters is 2. The van der Waals surface area contributed by atoms with E-state index in [-0.39, 0.29) is 85.7 Å². The van der Waals surface area contributed by atoms with Crippen LogP contribution in [0.25, 0.3) is 0 Å². The second kappa shape index (κ2) is 24.4. The third-order valence-electron chi connectivity index (χ3n) is 4.85. The second-order valence-corrected chi connectivity index (χ2v) is 7.77. The zero-order valence-electron chi connectivity index (χ0n) is 20.6. The molecule has 0 aliphatic rings. The highest BCUT2D eigenvalue weighted by Gasteiger charge is 2.12. The second-order valence-electron chi connectivity index (χ2n) is 7.77. The maximum absolute atomic E-state index is 12.8. The van der Waals surface area contributed by atoms with Crippen molar-refractivity contribution < 1.29 is 59.6 Å². The predicted octanol–water partition coefficient (Wildman–Crippen LogP) is 10.3. The van der Waals surface area contributed by atoms with Crippen LogP contribution in [0.2, 0.25) is 0 Å². The number of rotatable bonds is 15. The molecule has 7 nitrogen and oxygen atoms in total. The minimum Gasteiger partial charge on any atom is -0.462 e. The molecule has 0 aliphatic carbocycles. The number of ether oxygens (including phenoxy) is 5. The van der Waals surface area contributed by atoms with E-state index < -0.39 is 36.1 Å². The zero-order chi connectivity index (χ0) is 28.8. The van der Waals surface area contributed by atoms with Crippen molar-refractivity contribution in [2.24, 2.45) is 0 Å². The summed E-state index contributed by atoms with van der Waals surface area (Å²) in [6.07, 6.45) is -3.53. The third kappa shape index (κ3) is 17.2. The molecule has 0 spiro atoms. The highest BCUT2D eigenvalue weighted by molar-refractivity contribution is 5.90. The Morgan fingerprint density at radius 3 is 1.36 bits per heavy atom. The van der Waals surface area contributed by atoms with E-state index in [1.54, 1.807) is 0 Å². The summed E-state index contributed by atoms with van der Waals surface area (Å²) in [6, 6.07) is 5.51. The first-order valence-electron chi connectivity index (χ1n) is 11.5. The first-order valence-corrected chi connectivity index (χ1v) is 11.5. The van der Waals surface area contributed by atoms with E-state index in [0.29, 0.717) is 19.3 Å². The summed E-state index contributed by atoms with van der Waals surface area (Å²) >= 11 is 0. The van der Waals surface area contributed by atoms with E-state index in [9.17, 15) is 35.9 Å². The normalized spacial score (nSPS) is 9.98. The van der Waals surface area contributed by atoms with E-state index in [0.717, 1.165) is 24.3 Å². The van der Waals surface area contributed by atoms with Gasteiger partial charge in [0.25, 0.3) is 0 Å². The molecule has 13 heteroatoms. The summed E-state index contributed by atoms with van der Waals surface area (Å²) in [5.41, 5.74) is 0.249. The lowest BCUT2D eigenvalue weighted by Crippen LogP contribution is -2.16. The molecule has 2 rings (SSSR count). The van der Waals surface area contributed by atoms with Crippen molar-refractivity contribution in [1.29, 1.82) is 0 Å². The number of halogens is 6. The SMILES string of the molecule is C.C.C.C.C.CC(CCCCOC(=O)c1ccc(OC(F)=C(F)F)cc1)OCCOC(=O)c1ccc(OC(F)=C(F)F)cc1. The average Bonchev–Trinajstić information content (AvgIpc) is 2.91. The maximum atomic E-state index is 12.8. The fraction of sp³-hybridized carbons (Fsp3) is 0.419. The Bertz CT molecular complexity index is 1150. The largest absolute Gasteiger partial charge is 0.462 e. The monoisotopic (exact) mass is 642 g/mol. The van der Waals surface area contributed by atoms with Gasteiger partial charge < -0.3 is 23.7 Å². The molecule has 2 aromatic carbocycles. The van der Waals surface area contributed by atoms with E-state index in [2.05, 4.69) is 9.47 Å². The molecule has 44 heavy (non-hydrogen) atoms. The molecule has 252 valence electrons. The molecule has 0 saturated carbocycles. The lowest BCUT2D eigenvalue weighted by atomic mass is 10.2. The number of benzene rings is 2. The van der Waals surface area contributed by atoms with Gasteiger partial charge in [-0.2, -0.15) is 26.3 Å². The Balaban J connectivity index is -0.00000160. The van der Waals surface area contributed by atoms with Gasteiger partial charge in [-0.1, -0.05) is 37.1 Å². The summed E-state index contributed by atoms with van der Waals surface area (Å²) in [7, 11) is 0. The van der Waals surface area contributed by atoms with Gasteiger partial charge in [0.2, 0.25) is 0 Å². The van der Waals surface area contributed by atoms with Crippen molar-refractivity contribution in [3.8, 4) is 11.5 Å². The number of hydrogen-bond acceptors (Lipinski definition) is 7. The van der Waals surface area contributed by atoms with Gasteiger partial charge in [0.15, 0.2) is 0 Å². The van der Waals surface area contributed by atoms with Crippen LogP contribution >= 0.6 is 0 Å². The highest BCUT2D eigenvalue weighted by Crippen LogP contribution is 2.20. The van der Waals surface area contributed by atoms with Crippen molar-refractivity contribution in [3.63, 3.8) is 0 Å². The fourth-order valence-electron chi connectivity index (χ4n) is 2.93. The Morgan fingerprint density at radius 1 is 0.591 bits per heavy atom. The Kier molecular flexibility index (Phi) is 26.1. The van der Waals surface area contributed by atoms with Gasteiger partial charge in [0, 0.05) is 0 Å². The molecule has 2 aromatic rings. The molecule has 0 bridgehead atoms. The average molecular weight is 643 g/mol. The number of hydrogen-bond donors (Lipinski definition) is 0. The van der Waals surface area contributed by atoms with Crippen LogP contribution in [0.1, 0.15) is 84.0 Å². The van der Waals surface area contributed by atoms with Crippen LogP contribution in [-0.4, -0.2) is 37.9 Å². The summed E-state index contributed by atoms with van der Waals surface area (Å²) < 4.78 is 98.0. The first-order chi connectivity index (χ1) is 18.6. The Hall–Kier alpha value is -4.00. The minimum absolute atomic E-state index is 0. The van der Waals surface area contributed by atoms with Crippen molar-refractivity contribution in [2.45, 2.75) is 69.4 Å². The van der Waals surface area contributed by atoms with E-state index in [1.807, 2.05) is 6.92 Å². The van der Waals surface area contributed by atoms with Crippen molar-refractivity contribution in [2.75, 3.05) is 19.8 Å². The molecule has 0 aliphatic heterocycles. The summed E-state index contributed by atoms with van der Waals surface area (Å²) in [6.45, 7) is 2.02. The quantitative estimate of drug-likeness (QED) is 0.0828. The molecular weight excluding hydrogens is 598 g/mol. The molecule has 0 amide bonds. The molecule has 0 heterocycles. The van der Waals surface area contributed by atoms with Gasteiger partial charge in [-0.05, 0) is 74.7 Å². The maximum Gasteiger partial charge on any atom is 0.344 e. The fourth-order valence-corrected chi connectivity index (χ4v) is 2.93. The predicted molar refractivity (Wildman–Crippen MR) is 158 cm³/mol. The Morgan fingerprint density at radius 2 is 0.977 bits per heavy atom. The van der Waals surface area contributed by atoms with Gasteiger partial charge in [-0.15, -0.1) is 0 Å². The van der Waals surface area contributed by atoms with Crippen molar-refractivity contribution in [1.82, 2.24) is 0 Å². The topological polar surface area (TPSA) is 80.3 Å². The molecule has 0 saturated heterocycles. The molecule has 0 N–H and O–H groups in total. The van der Waals surface area contributed by atoms with Crippen molar-refractivity contribution >= 4 is 11.9 Å². The van der Waals surface area contributed by atoms with E-state index in [4.69, 9.17) is 14.2 Å². The van der Waals surface area contributed by atoms with Crippen LogP contribution in [0, 0.1) is 0 Å². The summed E-state index contributed by atoms with van der Waals surface area (Å²) in [5.74, 6) is -1.74. The van der Waals surface area contributed by atoms with Crippen LogP contribution in [0.15, 0.2) is 72.7 Å². The van der Waals surface area contributed by atoms with Gasteiger partial charge in [-0.3, -0.25) is 0 Å². The highest BCUT2D eigenvalue weighted by atomic mass is 19.3. The molecular formula is C31H44F6O7. The molecule has 0 fully saturated rings. The summed E-state index contributed by atoms with van der Waals surface area (Å²) in [5, 5.41) is 0. The van der Waals surface area contributed by atoms with Crippen LogP contribution in [-0.2, 0) is 14.2 Å². The van der Waals surface area contributed by atoms with Gasteiger partial charge in [0.05, 0.1) is 30.4 Å². The molecule has 0 aromatic heterocycles. The molecule has 1 unspecified atom stereocenters. The minimum atomic E-state index is -2.60. The van der Waals surface area contributed by atoms with Crippen LogP contribution in [0.4, 0.5) is 26.3 Å². The van der Waals surface area contributed by atoms with Gasteiger partial charge >= 0.3 is 36.1 Å². The van der Waals surface area contributed by atoms with E-state index in [1.165, 1.54) is 24.3 Å². The molecule has 0 radical (unpaired) electrons. The lowest BCUT2D eigenvalue weighted by Gasteiger charge is -2.13. The number of carbonyl (C=O) groups excluding carboxylic acids is 2. The van der Waals surface area contributed by atoms with Crippen LogP contribution in [0.5, 0.6) is 11.5 Å². The first kappa shape index (κ1) is 46.9.